The summed E-state index contributed by atoms with van der Waals surface area (Å²) in [7, 11) is 2.67. The van der Waals surface area contributed by atoms with Gasteiger partial charge in [0.25, 0.3) is 0 Å². The highest BCUT2D eigenvalue weighted by atomic mass is 19.2. The summed E-state index contributed by atoms with van der Waals surface area (Å²) in [6, 6.07) is 0.772. The maximum atomic E-state index is 13.6. The van der Waals surface area contributed by atoms with Gasteiger partial charge >= 0.3 is 5.97 Å². The van der Waals surface area contributed by atoms with Crippen LogP contribution >= 0.6 is 0 Å². The Labute approximate surface area is 161 Å². The number of ether oxygens (including phenoxy) is 1. The summed E-state index contributed by atoms with van der Waals surface area (Å²) >= 11 is 0. The summed E-state index contributed by atoms with van der Waals surface area (Å²) in [5.74, 6) is -6.24. The van der Waals surface area contributed by atoms with Gasteiger partial charge in [0.2, 0.25) is 11.8 Å². The molecular weight excluding hydrogens is 379 g/mol. The van der Waals surface area contributed by atoms with Crippen LogP contribution in [-0.2, 0) is 19.1 Å². The molecule has 0 unspecified atom stereocenters. The predicted molar refractivity (Wildman–Crippen MR) is 95.8 cm³/mol. The maximum absolute atomic E-state index is 13.6. The molecule has 1 rings (SSSR count). The molecule has 0 aliphatic rings. The van der Waals surface area contributed by atoms with E-state index in [1.165, 1.54) is 19.1 Å². The van der Waals surface area contributed by atoms with Crippen LogP contribution in [0.2, 0.25) is 0 Å². The number of halogens is 3. The molecule has 0 aliphatic heterocycles. The molecule has 0 saturated carbocycles. The molecule has 1 atom stereocenters. The fraction of sp³-hybridized carbons (Fsp3) is 0.500. The summed E-state index contributed by atoms with van der Waals surface area (Å²) in [6.45, 7) is 3.23. The number of hydrogen-bond donors (Lipinski definition) is 2. The van der Waals surface area contributed by atoms with Gasteiger partial charge in [0.05, 0.1) is 25.9 Å². The van der Waals surface area contributed by atoms with Crippen LogP contribution in [0.1, 0.15) is 20.3 Å². The number of methoxy groups -OCH3 is 1. The van der Waals surface area contributed by atoms with E-state index in [9.17, 15) is 27.6 Å². The molecule has 0 bridgehead atoms. The van der Waals surface area contributed by atoms with Crippen LogP contribution < -0.4 is 10.6 Å². The minimum absolute atomic E-state index is 0.138. The molecule has 156 valence electrons. The highest BCUT2D eigenvalue weighted by Gasteiger charge is 2.23. The number of amides is 2. The average Bonchev–Trinajstić information content (AvgIpc) is 2.60. The van der Waals surface area contributed by atoms with Crippen LogP contribution in [0.15, 0.2) is 12.1 Å². The quantitative estimate of drug-likeness (QED) is 0.484. The standard InChI is InChI=1S/C18H24F3N3O4/c1-10(2)7-13(18(27)28-4)23-15(26)9-24(3)8-14(25)22-12-6-5-11(19)16(20)17(12)21/h5-6,10,13H,7-9H2,1-4H3,(H,22,25)(H,23,26)/t13-/m1/s1. The highest BCUT2D eigenvalue weighted by molar-refractivity contribution is 5.93. The molecule has 0 heterocycles. The van der Waals surface area contributed by atoms with Crippen LogP contribution in [0.25, 0.3) is 0 Å². The molecule has 0 radical (unpaired) electrons. The largest absolute Gasteiger partial charge is 0.467 e. The van der Waals surface area contributed by atoms with Crippen molar-refractivity contribution in [1.82, 2.24) is 10.2 Å². The number of hydrogen-bond acceptors (Lipinski definition) is 5. The number of esters is 1. The zero-order chi connectivity index (χ0) is 21.4. The van der Waals surface area contributed by atoms with E-state index in [2.05, 4.69) is 15.4 Å². The lowest BCUT2D eigenvalue weighted by Gasteiger charge is -2.21. The SMILES string of the molecule is COC(=O)[C@@H](CC(C)C)NC(=O)CN(C)CC(=O)Nc1ccc(F)c(F)c1F. The fourth-order valence-corrected chi connectivity index (χ4v) is 2.43. The van der Waals surface area contributed by atoms with Crippen molar-refractivity contribution in [2.75, 3.05) is 32.6 Å². The normalized spacial score (nSPS) is 12.0. The molecule has 2 amide bonds. The van der Waals surface area contributed by atoms with Gasteiger partial charge in [-0.3, -0.25) is 14.5 Å². The Hall–Kier alpha value is -2.62. The Bertz CT molecular complexity index is 728. The summed E-state index contributed by atoms with van der Waals surface area (Å²) in [6.07, 6.45) is 0.387. The molecule has 10 heteroatoms. The van der Waals surface area contributed by atoms with Gasteiger partial charge in [0.1, 0.15) is 6.04 Å². The number of carbonyl (C=O) groups excluding carboxylic acids is 3. The Balaban J connectivity index is 2.59. The zero-order valence-electron chi connectivity index (χ0n) is 16.1. The maximum Gasteiger partial charge on any atom is 0.328 e. The van der Waals surface area contributed by atoms with Crippen molar-refractivity contribution in [1.29, 1.82) is 0 Å². The van der Waals surface area contributed by atoms with E-state index in [4.69, 9.17) is 0 Å². The second kappa shape index (κ2) is 10.6. The smallest absolute Gasteiger partial charge is 0.328 e. The van der Waals surface area contributed by atoms with Gasteiger partial charge in [-0.1, -0.05) is 13.8 Å². The highest BCUT2D eigenvalue weighted by Crippen LogP contribution is 2.19. The first-order valence-electron chi connectivity index (χ1n) is 8.54. The summed E-state index contributed by atoms with van der Waals surface area (Å²) in [5.41, 5.74) is -0.510. The Morgan fingerprint density at radius 3 is 2.25 bits per heavy atom. The third kappa shape index (κ3) is 7.18. The summed E-state index contributed by atoms with van der Waals surface area (Å²) < 4.78 is 44.3. The lowest BCUT2D eigenvalue weighted by molar-refractivity contribution is -0.145. The van der Waals surface area contributed by atoms with Gasteiger partial charge in [-0.05, 0) is 31.5 Å². The molecule has 28 heavy (non-hydrogen) atoms. The van der Waals surface area contributed by atoms with Crippen molar-refractivity contribution in [3.05, 3.63) is 29.6 Å². The second-order valence-corrected chi connectivity index (χ2v) is 6.72. The van der Waals surface area contributed by atoms with Gasteiger partial charge in [-0.15, -0.1) is 0 Å². The Morgan fingerprint density at radius 1 is 1.07 bits per heavy atom. The van der Waals surface area contributed by atoms with Crippen molar-refractivity contribution in [2.45, 2.75) is 26.3 Å². The topological polar surface area (TPSA) is 87.7 Å². The number of nitrogens with zero attached hydrogens (tertiary/aromatic N) is 1. The Kier molecular flexibility index (Phi) is 8.90. The molecule has 0 fully saturated rings. The predicted octanol–water partition coefficient (Wildman–Crippen LogP) is 1.68. The van der Waals surface area contributed by atoms with Gasteiger partial charge in [-0.2, -0.15) is 0 Å². The van der Waals surface area contributed by atoms with Crippen molar-refractivity contribution >= 4 is 23.5 Å². The van der Waals surface area contributed by atoms with E-state index in [0.29, 0.717) is 12.5 Å². The molecule has 7 nitrogen and oxygen atoms in total. The molecule has 0 saturated heterocycles. The van der Waals surface area contributed by atoms with E-state index in [-0.39, 0.29) is 19.0 Å². The third-order valence-electron chi connectivity index (χ3n) is 3.66. The zero-order valence-corrected chi connectivity index (χ0v) is 16.1. The van der Waals surface area contributed by atoms with E-state index < -0.39 is 47.0 Å². The van der Waals surface area contributed by atoms with E-state index in [1.807, 2.05) is 13.8 Å². The number of nitrogens with one attached hydrogen (secondary N) is 2. The summed E-state index contributed by atoms with van der Waals surface area (Å²) in [4.78, 5) is 37.1. The average molecular weight is 403 g/mol. The van der Waals surface area contributed by atoms with Crippen LogP contribution in [-0.4, -0.2) is 56.0 Å². The number of likely N-dealkylation sites (N-methyl/N-ethyl adjacent to an activating group) is 1. The van der Waals surface area contributed by atoms with E-state index >= 15 is 0 Å². The number of rotatable bonds is 9. The number of anilines is 1. The fourth-order valence-electron chi connectivity index (χ4n) is 2.43. The minimum Gasteiger partial charge on any atom is -0.467 e. The van der Waals surface area contributed by atoms with Crippen LogP contribution in [0.4, 0.5) is 18.9 Å². The minimum atomic E-state index is -1.69. The summed E-state index contributed by atoms with van der Waals surface area (Å²) in [5, 5.41) is 4.65. The van der Waals surface area contributed by atoms with Crippen molar-refractivity contribution in [3.63, 3.8) is 0 Å². The van der Waals surface area contributed by atoms with Crippen LogP contribution in [0, 0.1) is 23.4 Å². The molecule has 0 aliphatic carbocycles. The Morgan fingerprint density at radius 2 is 1.68 bits per heavy atom. The number of benzene rings is 1. The van der Waals surface area contributed by atoms with Crippen LogP contribution in [0.3, 0.4) is 0 Å². The first kappa shape index (κ1) is 23.4. The van der Waals surface area contributed by atoms with Gasteiger partial charge in [-0.25, -0.2) is 18.0 Å². The van der Waals surface area contributed by atoms with Crippen molar-refractivity contribution in [3.8, 4) is 0 Å². The third-order valence-corrected chi connectivity index (χ3v) is 3.66. The first-order chi connectivity index (χ1) is 13.0. The van der Waals surface area contributed by atoms with E-state index in [0.717, 1.165) is 6.07 Å². The van der Waals surface area contributed by atoms with Gasteiger partial charge in [0.15, 0.2) is 17.5 Å². The molecular formula is C18H24F3N3O4. The molecule has 0 spiro atoms. The molecule has 2 N–H and O–H groups in total. The lowest BCUT2D eigenvalue weighted by atomic mass is 10.0. The molecule has 1 aromatic rings. The van der Waals surface area contributed by atoms with Crippen LogP contribution in [0.5, 0.6) is 0 Å². The van der Waals surface area contributed by atoms with Crippen molar-refractivity contribution in [2.24, 2.45) is 5.92 Å². The van der Waals surface area contributed by atoms with Gasteiger partial charge in [0, 0.05) is 0 Å². The van der Waals surface area contributed by atoms with Crippen molar-refractivity contribution < 1.29 is 32.3 Å². The second-order valence-electron chi connectivity index (χ2n) is 6.72. The molecule has 1 aromatic carbocycles. The number of carbonyl (C=O) groups is 3. The molecule has 0 aromatic heterocycles. The van der Waals surface area contributed by atoms with Gasteiger partial charge < -0.3 is 15.4 Å². The first-order valence-corrected chi connectivity index (χ1v) is 8.54. The van der Waals surface area contributed by atoms with E-state index in [1.54, 1.807) is 0 Å². The monoisotopic (exact) mass is 403 g/mol. The lowest BCUT2D eigenvalue weighted by Crippen LogP contribution is -2.46.